The topological polar surface area (TPSA) is 0 Å². The molecule has 3 aromatic rings. The van der Waals surface area contributed by atoms with Crippen LogP contribution in [0.2, 0.25) is 4.94 Å². The van der Waals surface area contributed by atoms with Gasteiger partial charge in [0.05, 0.1) is 0 Å². The first-order valence-corrected chi connectivity index (χ1v) is 18.2. The Labute approximate surface area is 182 Å². The Morgan fingerprint density at radius 1 is 0.414 bits per heavy atom. The average Bonchev–Trinajstić information content (AvgIpc) is 2.73. The van der Waals surface area contributed by atoms with Crippen molar-refractivity contribution in [1.29, 1.82) is 0 Å². The van der Waals surface area contributed by atoms with Gasteiger partial charge in [0.15, 0.2) is 0 Å². The van der Waals surface area contributed by atoms with Gasteiger partial charge < -0.3 is 0 Å². The van der Waals surface area contributed by atoms with E-state index in [2.05, 4.69) is 119 Å². The molecule has 0 aliphatic carbocycles. The first-order chi connectivity index (χ1) is 13.7. The quantitative estimate of drug-likeness (QED) is 0.363. The first kappa shape index (κ1) is 22.2. The maximum absolute atomic E-state index is 3.01. The molecule has 0 fully saturated rings. The van der Waals surface area contributed by atoms with Crippen LogP contribution in [0.4, 0.5) is 0 Å². The molecule has 0 radical (unpaired) electrons. The van der Waals surface area contributed by atoms with Crippen molar-refractivity contribution in [3.05, 3.63) is 89.5 Å². The number of hydrogen-bond donors (Lipinski definition) is 0. The molecule has 3 aromatic carbocycles. The molecule has 3 rings (SSSR count). The Hall–Kier alpha value is -1.54. The second kappa shape index (κ2) is 9.08. The van der Waals surface area contributed by atoms with Gasteiger partial charge in [-0.1, -0.05) is 0 Å². The van der Waals surface area contributed by atoms with Gasteiger partial charge in [-0.2, -0.15) is 0 Å². The molecule has 0 atom stereocenters. The fraction of sp³-hybridized carbons (Fsp3) is 0.357. The van der Waals surface area contributed by atoms with E-state index >= 15 is 0 Å². The van der Waals surface area contributed by atoms with Crippen molar-refractivity contribution < 1.29 is 0 Å². The maximum atomic E-state index is 2.58. The zero-order chi connectivity index (χ0) is 21.2. The van der Waals surface area contributed by atoms with E-state index in [1.54, 1.807) is 10.7 Å². The third-order valence-corrected chi connectivity index (χ3v) is 19.2. The molecule has 0 heterocycles. The van der Waals surface area contributed by atoms with Crippen LogP contribution in [-0.2, 0) is 0 Å². The van der Waals surface area contributed by atoms with Gasteiger partial charge in [-0.15, -0.1) is 0 Å². The molecular weight excluding hydrogens is 455 g/mol. The summed E-state index contributed by atoms with van der Waals surface area (Å²) < 4.78 is 4.66. The first-order valence-electron chi connectivity index (χ1n) is 11.0. The molecule has 0 bridgehead atoms. The van der Waals surface area contributed by atoms with Crippen LogP contribution in [-0.4, -0.2) is 18.4 Å². The van der Waals surface area contributed by atoms with Gasteiger partial charge in [0.25, 0.3) is 0 Å². The van der Waals surface area contributed by atoms with Crippen LogP contribution in [0.25, 0.3) is 0 Å². The van der Waals surface area contributed by atoms with Crippen molar-refractivity contribution in [3.8, 4) is 0 Å². The molecule has 152 valence electrons. The molecule has 1 heteroatoms. The van der Waals surface area contributed by atoms with E-state index in [0.29, 0.717) is 17.8 Å². The van der Waals surface area contributed by atoms with Crippen LogP contribution in [0.3, 0.4) is 0 Å². The van der Waals surface area contributed by atoms with Crippen LogP contribution in [0.1, 0.15) is 76.0 Å². The summed E-state index contributed by atoms with van der Waals surface area (Å²) in [5.41, 5.74) is 4.27. The average molecular weight is 491 g/mol. The van der Waals surface area contributed by atoms with Crippen molar-refractivity contribution in [2.45, 2.75) is 64.2 Å². The van der Waals surface area contributed by atoms with Gasteiger partial charge in [-0.05, 0) is 0 Å². The van der Waals surface area contributed by atoms with E-state index in [1.807, 2.05) is 0 Å². The minimum atomic E-state index is -3.01. The van der Waals surface area contributed by atoms with Crippen LogP contribution >= 0.6 is 0 Å². The second-order valence-electron chi connectivity index (χ2n) is 9.46. The van der Waals surface area contributed by atoms with E-state index < -0.39 is 18.4 Å². The molecule has 0 unspecified atom stereocenters. The predicted molar refractivity (Wildman–Crippen MR) is 132 cm³/mol. The van der Waals surface area contributed by atoms with Crippen molar-refractivity contribution >= 4 is 29.1 Å². The standard InChI is InChI=1S/3C9H11.CH3.Sn/c3*1-8(2)9-6-4-3-5-7-9;;/h3*4-8H,1-2H3;1H3;. The zero-order valence-corrected chi connectivity index (χ0v) is 22.0. The van der Waals surface area contributed by atoms with E-state index in [4.69, 9.17) is 0 Å². The van der Waals surface area contributed by atoms with E-state index in [9.17, 15) is 0 Å². The molecule has 0 aromatic heterocycles. The van der Waals surface area contributed by atoms with E-state index in [1.165, 1.54) is 16.7 Å². The summed E-state index contributed by atoms with van der Waals surface area (Å²) in [6.07, 6.45) is 0. The minimum absolute atomic E-state index is 0.571. The molecule has 0 N–H and O–H groups in total. The van der Waals surface area contributed by atoms with Crippen LogP contribution in [0.5, 0.6) is 0 Å². The monoisotopic (exact) mass is 492 g/mol. The Balaban J connectivity index is 2.14. The number of benzene rings is 3. The van der Waals surface area contributed by atoms with E-state index in [-0.39, 0.29) is 0 Å². The Bertz CT molecular complexity index is 788. The van der Waals surface area contributed by atoms with Crippen LogP contribution in [0.15, 0.2) is 72.8 Å². The van der Waals surface area contributed by atoms with Crippen molar-refractivity contribution in [2.75, 3.05) is 0 Å². The van der Waals surface area contributed by atoms with Gasteiger partial charge in [0.1, 0.15) is 0 Å². The summed E-state index contributed by atoms with van der Waals surface area (Å²) in [5.74, 6) is 1.71. The Morgan fingerprint density at radius 2 is 0.621 bits per heavy atom. The molecule has 0 saturated heterocycles. The number of rotatable bonds is 6. The van der Waals surface area contributed by atoms with Crippen molar-refractivity contribution in [2.24, 2.45) is 0 Å². The number of hydrogen-bond acceptors (Lipinski definition) is 0. The summed E-state index contributed by atoms with van der Waals surface area (Å²) in [6.45, 7) is 13.6. The molecule has 0 nitrogen and oxygen atoms in total. The van der Waals surface area contributed by atoms with Crippen LogP contribution < -0.4 is 10.7 Å². The SMILES string of the molecule is CC(C)c1cc[c]([Sn]([CH3])([c]2ccc(C(C)C)cc2)[c]2ccc(C(C)C)cc2)cc1. The molecule has 0 saturated carbocycles. The van der Waals surface area contributed by atoms with E-state index in [0.717, 1.165) is 0 Å². The zero-order valence-electron chi connectivity index (χ0n) is 19.2. The summed E-state index contributed by atoms with van der Waals surface area (Å²) >= 11 is -3.01. The van der Waals surface area contributed by atoms with Gasteiger partial charge >= 0.3 is 183 Å². The Morgan fingerprint density at radius 3 is 0.793 bits per heavy atom. The molecule has 0 spiro atoms. The molecule has 0 aliphatic heterocycles. The van der Waals surface area contributed by atoms with Crippen molar-refractivity contribution in [1.82, 2.24) is 0 Å². The fourth-order valence-electron chi connectivity index (χ4n) is 4.10. The summed E-state index contributed by atoms with van der Waals surface area (Å²) in [5, 5.41) is 0. The molecule has 0 aliphatic rings. The molecule has 0 amide bonds. The summed E-state index contributed by atoms with van der Waals surface area (Å²) in [7, 11) is 0. The van der Waals surface area contributed by atoms with Gasteiger partial charge in [-0.25, -0.2) is 0 Å². The molecular formula is C28H36Sn. The van der Waals surface area contributed by atoms with Gasteiger partial charge in [-0.3, -0.25) is 0 Å². The normalized spacial score (nSPS) is 12.2. The summed E-state index contributed by atoms with van der Waals surface area (Å²) in [4.78, 5) is 2.58. The molecule has 29 heavy (non-hydrogen) atoms. The summed E-state index contributed by atoms with van der Waals surface area (Å²) in [6, 6.07) is 28.6. The van der Waals surface area contributed by atoms with Gasteiger partial charge in [0.2, 0.25) is 0 Å². The van der Waals surface area contributed by atoms with Gasteiger partial charge in [0, 0.05) is 0 Å². The third kappa shape index (κ3) is 4.63. The van der Waals surface area contributed by atoms with Crippen LogP contribution in [0, 0.1) is 0 Å². The predicted octanol–water partition coefficient (Wildman–Crippen LogP) is 6.16. The Kier molecular flexibility index (Phi) is 6.94. The fourth-order valence-corrected chi connectivity index (χ4v) is 14.1. The third-order valence-electron chi connectivity index (χ3n) is 6.46. The second-order valence-corrected chi connectivity index (χ2v) is 20.8. The van der Waals surface area contributed by atoms with Crippen molar-refractivity contribution in [3.63, 3.8) is 0 Å².